The Bertz CT molecular complexity index is 470. The van der Waals surface area contributed by atoms with Crippen LogP contribution in [0.5, 0.6) is 0 Å². The van der Waals surface area contributed by atoms with Gasteiger partial charge in [-0.25, -0.2) is 13.6 Å². The molecule has 1 rings (SSSR count). The minimum absolute atomic E-state index is 0.0452. The van der Waals surface area contributed by atoms with Crippen LogP contribution in [0, 0.1) is 0 Å². The van der Waals surface area contributed by atoms with Crippen molar-refractivity contribution in [2.24, 2.45) is 5.14 Å². The molecule has 16 heavy (non-hydrogen) atoms. The predicted octanol–water partition coefficient (Wildman–Crippen LogP) is 0.931. The van der Waals surface area contributed by atoms with E-state index in [4.69, 9.17) is 5.14 Å². The Hall–Kier alpha value is -1.15. The molecule has 0 saturated heterocycles. The highest BCUT2D eigenvalue weighted by Gasteiger charge is 2.30. The van der Waals surface area contributed by atoms with Crippen molar-refractivity contribution < 1.29 is 21.6 Å². The maximum Gasteiger partial charge on any atom is 0.416 e. The van der Waals surface area contributed by atoms with E-state index in [1.165, 1.54) is 0 Å². The zero-order valence-electron chi connectivity index (χ0n) is 8.03. The molecule has 0 radical (unpaired) electrons. The lowest BCUT2D eigenvalue weighted by Crippen LogP contribution is -2.18. The number of aryl methyl sites for hydroxylation is 1. The van der Waals surface area contributed by atoms with Crippen molar-refractivity contribution in [2.75, 3.05) is 5.75 Å². The number of pyridine rings is 1. The Morgan fingerprint density at radius 1 is 1.38 bits per heavy atom. The summed E-state index contributed by atoms with van der Waals surface area (Å²) in [7, 11) is -3.69. The molecule has 90 valence electrons. The Morgan fingerprint density at radius 2 is 2.00 bits per heavy atom. The summed E-state index contributed by atoms with van der Waals surface area (Å²) in [6, 6.07) is 1.63. The molecule has 0 aliphatic heterocycles. The van der Waals surface area contributed by atoms with Crippen LogP contribution in [0.1, 0.15) is 11.3 Å². The van der Waals surface area contributed by atoms with E-state index in [-0.39, 0.29) is 12.1 Å². The van der Waals surface area contributed by atoms with Crippen molar-refractivity contribution >= 4 is 10.0 Å². The average molecular weight is 254 g/mol. The molecule has 0 bridgehead atoms. The summed E-state index contributed by atoms with van der Waals surface area (Å²) < 4.78 is 58.0. The summed E-state index contributed by atoms with van der Waals surface area (Å²) in [6.45, 7) is 0. The van der Waals surface area contributed by atoms with E-state index in [1.54, 1.807) is 0 Å². The van der Waals surface area contributed by atoms with Crippen LogP contribution in [0.2, 0.25) is 0 Å². The van der Waals surface area contributed by atoms with E-state index >= 15 is 0 Å². The summed E-state index contributed by atoms with van der Waals surface area (Å²) in [6.07, 6.45) is -3.61. The van der Waals surface area contributed by atoms with Crippen molar-refractivity contribution in [3.8, 4) is 0 Å². The Morgan fingerprint density at radius 3 is 2.50 bits per heavy atom. The molecule has 1 heterocycles. The highest BCUT2D eigenvalue weighted by Crippen LogP contribution is 2.28. The van der Waals surface area contributed by atoms with Gasteiger partial charge in [-0.05, 0) is 12.1 Å². The van der Waals surface area contributed by atoms with Gasteiger partial charge in [0, 0.05) is 18.3 Å². The quantitative estimate of drug-likeness (QED) is 0.872. The highest BCUT2D eigenvalue weighted by molar-refractivity contribution is 7.89. The molecule has 4 nitrogen and oxygen atoms in total. The maximum atomic E-state index is 12.3. The maximum absolute atomic E-state index is 12.3. The molecule has 2 N–H and O–H groups in total. The van der Waals surface area contributed by atoms with E-state index in [2.05, 4.69) is 4.98 Å². The third kappa shape index (κ3) is 4.15. The zero-order chi connectivity index (χ0) is 12.4. The van der Waals surface area contributed by atoms with Crippen LogP contribution in [-0.4, -0.2) is 19.2 Å². The summed E-state index contributed by atoms with van der Waals surface area (Å²) in [5.74, 6) is -0.429. The minimum Gasteiger partial charge on any atom is -0.261 e. The first-order valence-electron chi connectivity index (χ1n) is 4.21. The second-order valence-electron chi connectivity index (χ2n) is 3.15. The standard InChI is InChI=1S/C8H9F3N2O2S/c9-8(10,11)6-1-3-13-7(5-6)2-4-16(12,14)15/h1,3,5H,2,4H2,(H2,12,14,15). The molecule has 0 atom stereocenters. The number of hydrogen-bond acceptors (Lipinski definition) is 3. The summed E-state index contributed by atoms with van der Waals surface area (Å²) in [5, 5.41) is 4.73. The topological polar surface area (TPSA) is 73.1 Å². The molecule has 8 heteroatoms. The Kier molecular flexibility index (Phi) is 3.54. The van der Waals surface area contributed by atoms with Crippen LogP contribution in [0.3, 0.4) is 0 Å². The van der Waals surface area contributed by atoms with E-state index in [1.807, 2.05) is 0 Å². The lowest BCUT2D eigenvalue weighted by molar-refractivity contribution is -0.137. The number of rotatable bonds is 3. The first-order valence-corrected chi connectivity index (χ1v) is 5.92. The number of nitrogens with zero attached hydrogens (tertiary/aromatic N) is 1. The molecule has 1 aromatic heterocycles. The van der Waals surface area contributed by atoms with Gasteiger partial charge in [0.1, 0.15) is 0 Å². The van der Waals surface area contributed by atoms with Crippen LogP contribution >= 0.6 is 0 Å². The van der Waals surface area contributed by atoms with Crippen LogP contribution in [-0.2, 0) is 22.6 Å². The number of halogens is 3. The predicted molar refractivity (Wildman–Crippen MR) is 50.9 cm³/mol. The number of sulfonamides is 1. The third-order valence-corrected chi connectivity index (χ3v) is 2.56. The molecule has 0 spiro atoms. The Labute approximate surface area is 90.3 Å². The van der Waals surface area contributed by atoms with E-state index in [9.17, 15) is 21.6 Å². The molecule has 0 aliphatic carbocycles. The molecular weight excluding hydrogens is 245 g/mol. The fraction of sp³-hybridized carbons (Fsp3) is 0.375. The van der Waals surface area contributed by atoms with Crippen molar-refractivity contribution in [1.82, 2.24) is 4.98 Å². The normalized spacial score (nSPS) is 12.8. The lowest BCUT2D eigenvalue weighted by atomic mass is 10.2. The van der Waals surface area contributed by atoms with E-state index in [0.29, 0.717) is 0 Å². The van der Waals surface area contributed by atoms with Gasteiger partial charge in [0.25, 0.3) is 0 Å². The molecule has 0 aliphatic rings. The first kappa shape index (κ1) is 12.9. The number of nitrogens with two attached hydrogens (primary N) is 1. The van der Waals surface area contributed by atoms with Crippen LogP contribution < -0.4 is 5.14 Å². The van der Waals surface area contributed by atoms with Crippen molar-refractivity contribution in [3.05, 3.63) is 29.6 Å². The van der Waals surface area contributed by atoms with Crippen LogP contribution in [0.4, 0.5) is 13.2 Å². The monoisotopic (exact) mass is 254 g/mol. The summed E-state index contributed by atoms with van der Waals surface area (Å²) >= 11 is 0. The first-order chi connectivity index (χ1) is 7.18. The molecular formula is C8H9F3N2O2S. The van der Waals surface area contributed by atoms with Gasteiger partial charge in [-0.1, -0.05) is 0 Å². The van der Waals surface area contributed by atoms with Crippen LogP contribution in [0.15, 0.2) is 18.3 Å². The van der Waals surface area contributed by atoms with Gasteiger partial charge in [0.2, 0.25) is 10.0 Å². The second kappa shape index (κ2) is 4.38. The van der Waals surface area contributed by atoms with Gasteiger partial charge < -0.3 is 0 Å². The molecule has 0 aromatic carbocycles. The number of hydrogen-bond donors (Lipinski definition) is 1. The van der Waals surface area contributed by atoms with Crippen molar-refractivity contribution in [2.45, 2.75) is 12.6 Å². The van der Waals surface area contributed by atoms with Crippen molar-refractivity contribution in [1.29, 1.82) is 0 Å². The molecule has 0 unspecified atom stereocenters. The van der Waals surface area contributed by atoms with Gasteiger partial charge in [-0.2, -0.15) is 13.2 Å². The van der Waals surface area contributed by atoms with Crippen LogP contribution in [0.25, 0.3) is 0 Å². The largest absolute Gasteiger partial charge is 0.416 e. The fourth-order valence-corrected chi connectivity index (χ4v) is 1.53. The van der Waals surface area contributed by atoms with Gasteiger partial charge in [-0.15, -0.1) is 0 Å². The second-order valence-corrected chi connectivity index (χ2v) is 4.88. The lowest BCUT2D eigenvalue weighted by Gasteiger charge is -2.07. The van der Waals surface area contributed by atoms with Gasteiger partial charge in [0.05, 0.1) is 11.3 Å². The van der Waals surface area contributed by atoms with Crippen molar-refractivity contribution in [3.63, 3.8) is 0 Å². The fourth-order valence-electron chi connectivity index (χ4n) is 1.04. The van der Waals surface area contributed by atoms with Gasteiger partial charge >= 0.3 is 6.18 Å². The highest BCUT2D eigenvalue weighted by atomic mass is 32.2. The Balaban J connectivity index is 2.84. The summed E-state index contributed by atoms with van der Waals surface area (Å²) in [4.78, 5) is 3.64. The number of alkyl halides is 3. The minimum atomic E-state index is -4.46. The third-order valence-electron chi connectivity index (χ3n) is 1.79. The number of aromatic nitrogens is 1. The SMILES string of the molecule is NS(=O)(=O)CCc1cc(C(F)(F)F)ccn1. The zero-order valence-corrected chi connectivity index (χ0v) is 8.85. The summed E-state index contributed by atoms with van der Waals surface area (Å²) in [5.41, 5.74) is -0.809. The van der Waals surface area contributed by atoms with E-state index < -0.39 is 27.5 Å². The molecule has 0 saturated carbocycles. The molecule has 0 fully saturated rings. The number of primary sulfonamides is 1. The van der Waals surface area contributed by atoms with Gasteiger partial charge in [0.15, 0.2) is 0 Å². The molecule has 1 aromatic rings. The van der Waals surface area contributed by atoms with Gasteiger partial charge in [-0.3, -0.25) is 4.98 Å². The molecule has 0 amide bonds. The smallest absolute Gasteiger partial charge is 0.261 e. The average Bonchev–Trinajstić information content (AvgIpc) is 2.13. The van der Waals surface area contributed by atoms with E-state index in [0.717, 1.165) is 18.3 Å².